The molecule has 1 aliphatic carbocycles. The molecule has 5 aromatic carbocycles. The number of esters is 1. The van der Waals surface area contributed by atoms with Gasteiger partial charge < -0.3 is 43.9 Å². The van der Waals surface area contributed by atoms with Crippen LogP contribution in [0.4, 0.5) is 42.3 Å². The molecular weight excluding hydrogens is 1170 g/mol. The van der Waals surface area contributed by atoms with E-state index in [-0.39, 0.29) is 42.0 Å². The SMILES string of the molecule is COC(=O)C1C(c2ccccc2)CCN1c1nc(NCOCCOCCOCCN2CCN(Cc3ccc(-c4cn(C5CCCCC5)c5nc(NCCC(F)(F)F)ncc45)cc3)CC2)ncc1-c1cccc(NS(=O)(=O)c2cccc3c(N(C)C)cccc23)c1. The van der Waals surface area contributed by atoms with E-state index in [1.165, 1.54) is 19.1 Å². The lowest BCUT2D eigenvalue weighted by atomic mass is 9.91. The number of halogens is 3. The van der Waals surface area contributed by atoms with Gasteiger partial charge in [0.2, 0.25) is 11.9 Å². The Morgan fingerprint density at radius 1 is 0.689 bits per heavy atom. The third kappa shape index (κ3) is 15.6. The Morgan fingerprint density at radius 2 is 1.39 bits per heavy atom. The molecular formula is C67H79F3N12O7S. The Hall–Kier alpha value is -7.93. The average molecular weight is 1250 g/mol. The van der Waals surface area contributed by atoms with Gasteiger partial charge in [-0.1, -0.05) is 110 Å². The van der Waals surface area contributed by atoms with Gasteiger partial charge in [0.15, 0.2) is 0 Å². The van der Waals surface area contributed by atoms with Crippen molar-refractivity contribution in [1.29, 1.82) is 0 Å². The second-order valence-corrected chi connectivity index (χ2v) is 25.0. The Labute approximate surface area is 524 Å². The van der Waals surface area contributed by atoms with Gasteiger partial charge in [0.05, 0.1) is 51.5 Å². The van der Waals surface area contributed by atoms with Crippen molar-refractivity contribution in [3.8, 4) is 22.3 Å². The van der Waals surface area contributed by atoms with Crippen LogP contribution in [0.2, 0.25) is 0 Å². The van der Waals surface area contributed by atoms with E-state index in [4.69, 9.17) is 28.9 Å². The summed E-state index contributed by atoms with van der Waals surface area (Å²) in [5, 5.41) is 8.26. The summed E-state index contributed by atoms with van der Waals surface area (Å²) in [4.78, 5) is 41.5. The van der Waals surface area contributed by atoms with Crippen molar-refractivity contribution in [3.05, 3.63) is 145 Å². The molecule has 3 aliphatic rings. The van der Waals surface area contributed by atoms with E-state index in [0.717, 1.165) is 104 Å². The summed E-state index contributed by atoms with van der Waals surface area (Å²) < 4.78 is 95.0. The van der Waals surface area contributed by atoms with Gasteiger partial charge in [-0.3, -0.25) is 14.5 Å². The fourth-order valence-corrected chi connectivity index (χ4v) is 13.8. The number of benzene rings is 5. The standard InChI is InChI=1S/C67H79F3N12O7S/c1-78(2)59-21-11-20-55-54(59)19-12-22-60(55)90(84,85)77-51-16-10-15-50(41-51)56-42-72-66(75-62(56)81-30-27-53(61(81)64(83)86-3)48-13-6-4-7-14-48)74-46-89-40-39-88-38-37-87-36-35-79-31-33-80(34-32-79)44-47-23-25-49(26-24-47)58-45-82(52-17-8-5-9-18-52)63-57(58)43-73-65(76-63)71-29-28-67(68,69)70/h4,6-7,10-16,19-26,41-43,45,52-53,61,77H,5,8-9,17-18,27-40,44,46H2,1-3H3,(H,71,73,76)(H,72,74,75). The minimum atomic E-state index is -4.25. The molecule has 2 atom stereocenters. The van der Waals surface area contributed by atoms with Gasteiger partial charge in [-0.05, 0) is 65.8 Å². The van der Waals surface area contributed by atoms with Crippen molar-refractivity contribution in [2.45, 2.75) is 80.6 Å². The van der Waals surface area contributed by atoms with Crippen LogP contribution in [0.15, 0.2) is 139 Å². The minimum Gasteiger partial charge on any atom is -0.467 e. The topological polar surface area (TPSA) is 194 Å². The largest absolute Gasteiger partial charge is 0.467 e. The van der Waals surface area contributed by atoms with Crippen LogP contribution >= 0.6 is 0 Å². The maximum Gasteiger partial charge on any atom is 0.390 e. The van der Waals surface area contributed by atoms with Crippen LogP contribution in [-0.4, -0.2) is 168 Å². The minimum absolute atomic E-state index is 0.0833. The highest BCUT2D eigenvalue weighted by Crippen LogP contribution is 2.42. The van der Waals surface area contributed by atoms with Gasteiger partial charge in [-0.15, -0.1) is 0 Å². The zero-order valence-corrected chi connectivity index (χ0v) is 52.0. The van der Waals surface area contributed by atoms with Gasteiger partial charge in [-0.25, -0.2) is 23.2 Å². The Bertz CT molecular complexity index is 3810. The van der Waals surface area contributed by atoms with E-state index in [1.807, 2.05) is 84.6 Å². The lowest BCUT2D eigenvalue weighted by molar-refractivity contribution is -0.142. The molecule has 476 valence electrons. The van der Waals surface area contributed by atoms with Crippen LogP contribution in [0.3, 0.4) is 0 Å². The molecule has 3 N–H and O–H groups in total. The van der Waals surface area contributed by atoms with Crippen LogP contribution in [-0.2, 0) is 40.3 Å². The van der Waals surface area contributed by atoms with Crippen LogP contribution in [0.1, 0.15) is 68.0 Å². The average Bonchev–Trinajstić information content (AvgIpc) is 1.57. The second-order valence-electron chi connectivity index (χ2n) is 23.3. The summed E-state index contributed by atoms with van der Waals surface area (Å²) in [6.07, 6.45) is 6.60. The Kier molecular flexibility index (Phi) is 20.8. The van der Waals surface area contributed by atoms with Crippen molar-refractivity contribution < 1.29 is 45.3 Å². The molecule has 0 bridgehead atoms. The number of hydrogen-bond donors (Lipinski definition) is 3. The van der Waals surface area contributed by atoms with Gasteiger partial charge in [0.1, 0.15) is 24.2 Å². The normalized spacial score (nSPS) is 17.1. The van der Waals surface area contributed by atoms with E-state index in [1.54, 1.807) is 42.7 Å². The number of carbonyl (C=O) groups is 1. The number of piperazine rings is 1. The number of nitrogens with one attached hydrogen (secondary N) is 3. The van der Waals surface area contributed by atoms with Crippen LogP contribution < -0.4 is 25.2 Å². The number of anilines is 5. The number of fused-ring (bicyclic) bond motifs is 2. The number of methoxy groups -OCH3 is 1. The highest BCUT2D eigenvalue weighted by Gasteiger charge is 2.43. The summed E-state index contributed by atoms with van der Waals surface area (Å²) in [5.74, 6) is 0.378. The first-order valence-electron chi connectivity index (χ1n) is 31.0. The first-order chi connectivity index (χ1) is 43.7. The van der Waals surface area contributed by atoms with Crippen LogP contribution in [0.5, 0.6) is 0 Å². The number of nitrogens with zero attached hydrogens (tertiary/aromatic N) is 9. The third-order valence-corrected chi connectivity index (χ3v) is 18.6. The number of aromatic nitrogens is 5. The fraction of sp³-hybridized carbons (Fsp3) is 0.418. The van der Waals surface area contributed by atoms with Crippen LogP contribution in [0.25, 0.3) is 44.1 Å². The molecule has 0 spiro atoms. The Morgan fingerprint density at radius 3 is 2.14 bits per heavy atom. The molecule has 0 amide bonds. The fourth-order valence-electron chi connectivity index (χ4n) is 12.6. The van der Waals surface area contributed by atoms with E-state index in [0.29, 0.717) is 74.0 Å². The number of hydrogen-bond acceptors (Lipinski definition) is 17. The van der Waals surface area contributed by atoms with Gasteiger partial charge >= 0.3 is 12.1 Å². The van der Waals surface area contributed by atoms with Crippen molar-refractivity contribution in [3.63, 3.8) is 0 Å². The lowest BCUT2D eigenvalue weighted by Crippen LogP contribution is -2.46. The number of ether oxygens (including phenoxy) is 4. The van der Waals surface area contributed by atoms with E-state index >= 15 is 0 Å². The van der Waals surface area contributed by atoms with E-state index < -0.39 is 34.6 Å². The zero-order chi connectivity index (χ0) is 62.6. The molecule has 2 aliphatic heterocycles. The predicted octanol–water partition coefficient (Wildman–Crippen LogP) is 11.2. The summed E-state index contributed by atoms with van der Waals surface area (Å²) in [6, 6.07) is 36.1. The van der Waals surface area contributed by atoms with Gasteiger partial charge in [0, 0.05) is 136 Å². The highest BCUT2D eigenvalue weighted by molar-refractivity contribution is 7.93. The molecule has 1 saturated carbocycles. The molecule has 3 fully saturated rings. The summed E-state index contributed by atoms with van der Waals surface area (Å²) in [7, 11) is 1.18. The molecule has 3 aromatic heterocycles. The van der Waals surface area contributed by atoms with Crippen molar-refractivity contribution in [1.82, 2.24) is 34.3 Å². The van der Waals surface area contributed by atoms with Crippen molar-refractivity contribution >= 4 is 66.9 Å². The first-order valence-corrected chi connectivity index (χ1v) is 32.5. The van der Waals surface area contributed by atoms with E-state index in [9.17, 15) is 26.4 Å². The summed E-state index contributed by atoms with van der Waals surface area (Å²) in [5.41, 5.74) is 7.53. The maximum atomic E-state index is 14.2. The van der Waals surface area contributed by atoms with Crippen LogP contribution in [0, 0.1) is 0 Å². The quantitative estimate of drug-likeness (QED) is 0.0250. The maximum absolute atomic E-state index is 14.2. The van der Waals surface area contributed by atoms with Gasteiger partial charge in [-0.2, -0.15) is 23.1 Å². The van der Waals surface area contributed by atoms with Gasteiger partial charge in [0.25, 0.3) is 10.0 Å². The number of carbonyl (C=O) groups excluding carboxylic acids is 1. The number of sulfonamides is 1. The highest BCUT2D eigenvalue weighted by atomic mass is 32.2. The third-order valence-electron chi connectivity index (χ3n) is 17.2. The summed E-state index contributed by atoms with van der Waals surface area (Å²) >= 11 is 0. The van der Waals surface area contributed by atoms with E-state index in [2.05, 4.69) is 70.2 Å². The van der Waals surface area contributed by atoms with Crippen molar-refractivity contribution in [2.24, 2.45) is 0 Å². The zero-order valence-electron chi connectivity index (χ0n) is 51.2. The molecule has 5 heterocycles. The molecule has 0 radical (unpaired) electrons. The Balaban J connectivity index is 0.632. The predicted molar refractivity (Wildman–Crippen MR) is 346 cm³/mol. The summed E-state index contributed by atoms with van der Waals surface area (Å²) in [6.45, 7) is 7.89. The molecule has 2 saturated heterocycles. The van der Waals surface area contributed by atoms with Crippen molar-refractivity contribution in [2.75, 3.05) is 132 Å². The monoisotopic (exact) mass is 1250 g/mol. The lowest BCUT2D eigenvalue weighted by Gasteiger charge is -2.34. The molecule has 2 unspecified atom stereocenters. The molecule has 19 nitrogen and oxygen atoms in total. The molecule has 8 aromatic rings. The number of alkyl halides is 3. The first kappa shape index (κ1) is 63.6. The second kappa shape index (κ2) is 29.4. The number of rotatable bonds is 27. The smallest absolute Gasteiger partial charge is 0.390 e. The molecule has 90 heavy (non-hydrogen) atoms. The molecule has 23 heteroatoms. The molecule has 11 rings (SSSR count).